The van der Waals surface area contributed by atoms with Crippen LogP contribution in [0.1, 0.15) is 40.5 Å². The Hall–Kier alpha value is -0.570. The molecule has 0 saturated heterocycles. The predicted octanol–water partition coefficient (Wildman–Crippen LogP) is 1.04. The van der Waals surface area contributed by atoms with Gasteiger partial charge in [-0.2, -0.15) is 0 Å². The lowest BCUT2D eigenvalue weighted by molar-refractivity contribution is -0.124. The average Bonchev–Trinajstić information content (AvgIpc) is 2.67. The Kier molecular flexibility index (Phi) is 2.96. The third-order valence-electron chi connectivity index (χ3n) is 1.95. The summed E-state index contributed by atoms with van der Waals surface area (Å²) in [5.74, 6) is 0.0967. The fourth-order valence-corrected chi connectivity index (χ4v) is 1.16. The normalized spacial score (nSPS) is 19.7. The lowest BCUT2D eigenvalue weighted by Crippen LogP contribution is -2.50. The van der Waals surface area contributed by atoms with Crippen LogP contribution in [-0.2, 0) is 4.79 Å². The molecule has 1 aliphatic carbocycles. The van der Waals surface area contributed by atoms with Crippen LogP contribution in [0.4, 0.5) is 0 Å². The topological polar surface area (TPSA) is 41.1 Å². The molecule has 76 valence electrons. The zero-order valence-electron chi connectivity index (χ0n) is 8.98. The van der Waals surface area contributed by atoms with E-state index in [0.717, 1.165) is 0 Å². The number of carbonyl (C=O) groups excluding carboxylic acids is 1. The first kappa shape index (κ1) is 10.5. The zero-order valence-corrected chi connectivity index (χ0v) is 8.98. The molecule has 1 atom stereocenters. The van der Waals surface area contributed by atoms with Gasteiger partial charge in [0.2, 0.25) is 5.91 Å². The molecule has 13 heavy (non-hydrogen) atoms. The first-order chi connectivity index (χ1) is 5.88. The molecule has 1 amide bonds. The highest BCUT2D eigenvalue weighted by molar-refractivity contribution is 5.82. The maximum atomic E-state index is 11.5. The maximum Gasteiger partial charge on any atom is 0.237 e. The maximum absolute atomic E-state index is 11.5. The van der Waals surface area contributed by atoms with Crippen molar-refractivity contribution in [2.75, 3.05) is 0 Å². The van der Waals surface area contributed by atoms with Gasteiger partial charge in [-0.25, -0.2) is 0 Å². The van der Waals surface area contributed by atoms with Gasteiger partial charge in [0, 0.05) is 11.6 Å². The fourth-order valence-electron chi connectivity index (χ4n) is 1.16. The Balaban J connectivity index is 2.28. The molecular formula is C10H20N2O. The summed E-state index contributed by atoms with van der Waals surface area (Å²) in [7, 11) is 0. The molecule has 1 aliphatic rings. The Morgan fingerprint density at radius 1 is 1.38 bits per heavy atom. The van der Waals surface area contributed by atoms with Crippen molar-refractivity contribution in [3.63, 3.8) is 0 Å². The van der Waals surface area contributed by atoms with E-state index < -0.39 is 0 Å². The Bertz CT molecular complexity index is 192. The van der Waals surface area contributed by atoms with E-state index in [0.29, 0.717) is 6.04 Å². The molecular weight excluding hydrogens is 164 g/mol. The minimum absolute atomic E-state index is 0.0632. The average molecular weight is 184 g/mol. The van der Waals surface area contributed by atoms with E-state index in [1.165, 1.54) is 12.8 Å². The lowest BCUT2D eigenvalue weighted by atomic mass is 10.1. The molecule has 1 rings (SSSR count). The summed E-state index contributed by atoms with van der Waals surface area (Å²) in [5.41, 5.74) is -0.128. The van der Waals surface area contributed by atoms with Gasteiger partial charge in [-0.3, -0.25) is 4.79 Å². The highest BCUT2D eigenvalue weighted by atomic mass is 16.2. The van der Waals surface area contributed by atoms with Crippen molar-refractivity contribution in [1.29, 1.82) is 0 Å². The molecule has 3 nitrogen and oxygen atoms in total. The number of nitrogens with one attached hydrogen (secondary N) is 2. The van der Waals surface area contributed by atoms with E-state index in [-0.39, 0.29) is 17.5 Å². The van der Waals surface area contributed by atoms with Crippen LogP contribution >= 0.6 is 0 Å². The summed E-state index contributed by atoms with van der Waals surface area (Å²) in [6.45, 7) is 7.90. The smallest absolute Gasteiger partial charge is 0.237 e. The van der Waals surface area contributed by atoms with Crippen LogP contribution in [0.3, 0.4) is 0 Å². The standard InChI is InChI=1S/C10H20N2O/c1-7(11-8-5-6-8)9(13)12-10(2,3)4/h7-8,11H,5-6H2,1-4H3,(H,12,13). The van der Waals surface area contributed by atoms with Gasteiger partial charge in [0.25, 0.3) is 0 Å². The number of hydrogen-bond acceptors (Lipinski definition) is 2. The summed E-state index contributed by atoms with van der Waals surface area (Å²) in [6, 6.07) is 0.521. The van der Waals surface area contributed by atoms with Crippen molar-refractivity contribution in [3.05, 3.63) is 0 Å². The lowest BCUT2D eigenvalue weighted by Gasteiger charge is -2.23. The Morgan fingerprint density at radius 3 is 2.31 bits per heavy atom. The molecule has 1 saturated carbocycles. The first-order valence-electron chi connectivity index (χ1n) is 4.96. The van der Waals surface area contributed by atoms with Gasteiger partial charge in [-0.05, 0) is 40.5 Å². The molecule has 2 N–H and O–H groups in total. The molecule has 0 bridgehead atoms. The van der Waals surface area contributed by atoms with Crippen molar-refractivity contribution < 1.29 is 4.79 Å². The molecule has 0 spiro atoms. The van der Waals surface area contributed by atoms with Gasteiger partial charge in [0.1, 0.15) is 0 Å². The fraction of sp³-hybridized carbons (Fsp3) is 0.900. The van der Waals surface area contributed by atoms with Crippen LogP contribution in [0.2, 0.25) is 0 Å². The highest BCUT2D eigenvalue weighted by Gasteiger charge is 2.26. The molecule has 1 fully saturated rings. The minimum Gasteiger partial charge on any atom is -0.350 e. The summed E-state index contributed by atoms with van der Waals surface area (Å²) < 4.78 is 0. The molecule has 0 aromatic carbocycles. The summed E-state index contributed by atoms with van der Waals surface area (Å²) >= 11 is 0. The molecule has 1 unspecified atom stereocenters. The minimum atomic E-state index is -0.128. The van der Waals surface area contributed by atoms with Gasteiger partial charge < -0.3 is 10.6 Å². The SMILES string of the molecule is CC(NC1CC1)C(=O)NC(C)(C)C. The molecule has 3 heteroatoms. The summed E-state index contributed by atoms with van der Waals surface area (Å²) in [6.07, 6.45) is 2.43. The second kappa shape index (κ2) is 3.66. The molecule has 0 radical (unpaired) electrons. The summed E-state index contributed by atoms with van der Waals surface area (Å²) in [5, 5.41) is 6.21. The van der Waals surface area contributed by atoms with Gasteiger partial charge in [0.15, 0.2) is 0 Å². The largest absolute Gasteiger partial charge is 0.350 e. The molecule has 0 heterocycles. The third-order valence-corrected chi connectivity index (χ3v) is 1.95. The van der Waals surface area contributed by atoms with Gasteiger partial charge in [0.05, 0.1) is 6.04 Å². The van der Waals surface area contributed by atoms with Gasteiger partial charge in [-0.1, -0.05) is 0 Å². The van der Waals surface area contributed by atoms with Crippen molar-refractivity contribution in [3.8, 4) is 0 Å². The van der Waals surface area contributed by atoms with E-state index in [4.69, 9.17) is 0 Å². The van der Waals surface area contributed by atoms with Crippen LogP contribution in [-0.4, -0.2) is 23.5 Å². The predicted molar refractivity (Wildman–Crippen MR) is 53.5 cm³/mol. The number of carbonyl (C=O) groups is 1. The number of rotatable bonds is 3. The number of hydrogen-bond donors (Lipinski definition) is 2. The Morgan fingerprint density at radius 2 is 1.92 bits per heavy atom. The third kappa shape index (κ3) is 4.27. The summed E-state index contributed by atoms with van der Waals surface area (Å²) in [4.78, 5) is 11.5. The van der Waals surface area contributed by atoms with E-state index in [2.05, 4.69) is 10.6 Å². The van der Waals surface area contributed by atoms with Gasteiger partial charge >= 0.3 is 0 Å². The van der Waals surface area contributed by atoms with E-state index in [9.17, 15) is 4.79 Å². The second-order valence-electron chi connectivity index (χ2n) is 4.90. The van der Waals surface area contributed by atoms with E-state index >= 15 is 0 Å². The first-order valence-corrected chi connectivity index (χ1v) is 4.96. The van der Waals surface area contributed by atoms with Crippen LogP contribution in [0.25, 0.3) is 0 Å². The zero-order chi connectivity index (χ0) is 10.1. The van der Waals surface area contributed by atoms with Crippen LogP contribution in [0.15, 0.2) is 0 Å². The van der Waals surface area contributed by atoms with Crippen molar-refractivity contribution in [2.24, 2.45) is 0 Å². The van der Waals surface area contributed by atoms with Gasteiger partial charge in [-0.15, -0.1) is 0 Å². The quantitative estimate of drug-likeness (QED) is 0.688. The van der Waals surface area contributed by atoms with Crippen LogP contribution in [0.5, 0.6) is 0 Å². The van der Waals surface area contributed by atoms with E-state index in [1.54, 1.807) is 0 Å². The molecule has 0 aliphatic heterocycles. The van der Waals surface area contributed by atoms with Crippen molar-refractivity contribution >= 4 is 5.91 Å². The van der Waals surface area contributed by atoms with Crippen LogP contribution < -0.4 is 10.6 Å². The number of amides is 1. The van der Waals surface area contributed by atoms with Crippen molar-refractivity contribution in [2.45, 2.75) is 58.2 Å². The van der Waals surface area contributed by atoms with Crippen molar-refractivity contribution in [1.82, 2.24) is 10.6 Å². The monoisotopic (exact) mass is 184 g/mol. The van der Waals surface area contributed by atoms with E-state index in [1.807, 2.05) is 27.7 Å². The highest BCUT2D eigenvalue weighted by Crippen LogP contribution is 2.19. The second-order valence-corrected chi connectivity index (χ2v) is 4.90. The molecule has 0 aromatic heterocycles. The molecule has 0 aromatic rings. The van der Waals surface area contributed by atoms with Crippen LogP contribution in [0, 0.1) is 0 Å². The Labute approximate surface area is 80.3 Å².